The van der Waals surface area contributed by atoms with Gasteiger partial charge in [-0.25, -0.2) is 39.3 Å². The highest BCUT2D eigenvalue weighted by Gasteiger charge is 2.29. The molecule has 119 heavy (non-hydrogen) atoms. The minimum atomic E-state index is -1.55. The van der Waals surface area contributed by atoms with E-state index in [2.05, 4.69) is 120 Å². The Hall–Kier alpha value is -11.4. The number of benzene rings is 6. The van der Waals surface area contributed by atoms with E-state index in [4.69, 9.17) is 123 Å². The van der Waals surface area contributed by atoms with Crippen LogP contribution in [0.4, 0.5) is 68.9 Å². The lowest BCUT2D eigenvalue weighted by atomic mass is 10.0. The second-order valence-electron chi connectivity index (χ2n) is 25.7. The number of rotatable bonds is 22. The summed E-state index contributed by atoms with van der Waals surface area (Å²) in [5.74, 6) is -4.59. The van der Waals surface area contributed by atoms with E-state index in [1.54, 1.807) is 101 Å². The molecule has 8 N–H and O–H groups in total. The first-order valence-corrected chi connectivity index (χ1v) is 39.1. The number of para-hydroxylation sites is 4. The van der Waals surface area contributed by atoms with Gasteiger partial charge in [-0.1, -0.05) is 107 Å². The molecule has 2 saturated heterocycles. The van der Waals surface area contributed by atoms with Gasteiger partial charge < -0.3 is 76.0 Å². The summed E-state index contributed by atoms with van der Waals surface area (Å²) < 4.78 is 20.5. The molecule has 0 bridgehead atoms. The third-order valence-electron chi connectivity index (χ3n) is 17.6. The Bertz CT molecular complexity index is 5280. The van der Waals surface area contributed by atoms with Gasteiger partial charge in [-0.3, -0.25) is 24.0 Å². The van der Waals surface area contributed by atoms with Gasteiger partial charge in [0.25, 0.3) is 29.0 Å². The first-order chi connectivity index (χ1) is 56.9. The van der Waals surface area contributed by atoms with Crippen molar-refractivity contribution in [3.8, 4) is 11.5 Å². The first-order valence-electron chi connectivity index (χ1n) is 36.1. The van der Waals surface area contributed by atoms with Crippen LogP contribution < -0.4 is 51.6 Å². The van der Waals surface area contributed by atoms with Crippen molar-refractivity contribution in [1.29, 1.82) is 0 Å². The third kappa shape index (κ3) is 26.8. The molecule has 1 amide bonds. The Morgan fingerprint density at radius 2 is 0.882 bits per heavy atom. The molecule has 4 aromatic heterocycles. The molecule has 0 spiro atoms. The van der Waals surface area contributed by atoms with Crippen LogP contribution >= 0.6 is 92.8 Å². The molecular formula is C80H80Cl8N18O13. The van der Waals surface area contributed by atoms with Crippen molar-refractivity contribution < 1.29 is 62.4 Å². The van der Waals surface area contributed by atoms with Crippen molar-refractivity contribution in [2.45, 2.75) is 51.6 Å². The zero-order valence-electron chi connectivity index (χ0n) is 65.1. The van der Waals surface area contributed by atoms with Gasteiger partial charge >= 0.3 is 17.9 Å². The van der Waals surface area contributed by atoms with E-state index < -0.39 is 46.9 Å². The van der Waals surface area contributed by atoms with Gasteiger partial charge in [0.05, 0.1) is 114 Å². The molecule has 0 aliphatic carbocycles. The summed E-state index contributed by atoms with van der Waals surface area (Å²) in [7, 11) is 11.9. The quantitative estimate of drug-likeness (QED) is 0.00827. The van der Waals surface area contributed by atoms with Crippen LogP contribution in [0, 0.1) is 0 Å². The summed E-state index contributed by atoms with van der Waals surface area (Å²) in [6.45, 7) is 7.63. The maximum atomic E-state index is 12.6. The number of nitrogens with two attached hydrogens (primary N) is 1. The number of carboxylic acids is 1. The topological polar surface area (TPSA) is 396 Å². The number of carbonyl (C=O) groups is 8. The van der Waals surface area contributed by atoms with Crippen LogP contribution in [0.25, 0.3) is 0 Å². The predicted molar refractivity (Wildman–Crippen MR) is 462 cm³/mol. The number of hydrogen-bond acceptors (Lipinski definition) is 29. The minimum Gasteiger partial charge on any atom is -0.495 e. The number of esters is 2. The summed E-state index contributed by atoms with van der Waals surface area (Å²) in [6, 6.07) is 39.3. The molecular weight excluding hydrogens is 1700 g/mol. The number of carboxylic acid groups (broad SMARTS) is 1. The number of fused-ring (bicyclic) bond motifs is 1. The van der Waals surface area contributed by atoms with Gasteiger partial charge in [-0.2, -0.15) is 15.0 Å². The van der Waals surface area contributed by atoms with Crippen LogP contribution in [-0.4, -0.2) is 196 Å². The number of aromatic nitrogens is 8. The Kier molecular flexibility index (Phi) is 35.7. The Morgan fingerprint density at radius 3 is 1.30 bits per heavy atom. The summed E-state index contributed by atoms with van der Waals surface area (Å²) >= 11 is 45.9. The molecule has 0 atom stereocenters. The lowest BCUT2D eigenvalue weighted by Gasteiger charge is -2.36. The zero-order chi connectivity index (χ0) is 86.6. The molecule has 3 aliphatic heterocycles. The van der Waals surface area contributed by atoms with Gasteiger partial charge in [-0.05, 0) is 175 Å². The molecule has 3 aliphatic rings. The van der Waals surface area contributed by atoms with Crippen molar-refractivity contribution in [2.24, 2.45) is 0 Å². The number of ether oxygens (including phenoxy) is 4. The molecule has 0 unspecified atom stereocenters. The molecule has 31 nitrogen and oxygen atoms in total. The van der Waals surface area contributed by atoms with Gasteiger partial charge in [0.1, 0.15) is 26.6 Å². The number of piperidine rings is 2. The lowest BCUT2D eigenvalue weighted by molar-refractivity contribution is -0.138. The maximum Gasteiger partial charge on any atom is 0.379 e. The normalized spacial score (nSPS) is 12.8. The number of nitrogens with one attached hydrogen (secondary N) is 5. The van der Waals surface area contributed by atoms with Crippen molar-refractivity contribution in [1.82, 2.24) is 49.7 Å². The standard InChI is InChI=1S/C28H33ClN6O4.C14H11Cl2N3O3.C14H23N3O.C12H7Cl2N3O3.C8H5NO2.C4HCl3N2/c1-5-39-27(37)25(36)20-8-6-7-9-22(20)31-26-21(29)17-30-28(33-26)32-23-11-10-19(16-24(23)38-4)35-14-12-18(13-15-35)34(2)3;1-2-22-13(21)11(20)8-5-3-4-6-10(8)18-12-9(15)7-17-14(16)19-12;1-16(2)11-6-8-17(9-7-11)12-4-5-13(15)14(10-12)18-3;13-7-5-15-12(14)17-10(7)16-8-4-2-1-3-6(8)9(18)11(19)20;10-7-5-3-1-2-4-6(5)9-8(7)11;5-2-1-8-4(7)9-3(2)6/h6-11,16-18H,5,12-15H2,1-4H3,(H2,30,31,32,33);3-7H,2H2,1H3,(H,17,18,19);4-5,10-11H,6-9,15H2,1-3H3;1-5H,(H,19,20)(H,15,16,17);1-4H,(H,9,10,11);1H. The lowest BCUT2D eigenvalue weighted by Crippen LogP contribution is -2.41. The van der Waals surface area contributed by atoms with E-state index in [1.807, 2.05) is 30.3 Å². The van der Waals surface area contributed by atoms with Gasteiger partial charge in [0, 0.05) is 61.8 Å². The molecule has 0 radical (unpaired) electrons. The van der Waals surface area contributed by atoms with E-state index >= 15 is 0 Å². The fraction of sp³-hybridized carbons (Fsp3) is 0.250. The zero-order valence-corrected chi connectivity index (χ0v) is 71.1. The molecule has 13 rings (SSSR count). The Balaban J connectivity index is 0.000000190. The number of nitrogen functional groups attached to an aromatic ring is 1. The number of ketones is 4. The van der Waals surface area contributed by atoms with Crippen LogP contribution in [-0.2, 0) is 28.7 Å². The number of amides is 1. The number of aliphatic carboxylic acids is 1. The summed E-state index contributed by atoms with van der Waals surface area (Å²) in [6.07, 6.45) is 10.1. The van der Waals surface area contributed by atoms with Crippen molar-refractivity contribution in [2.75, 3.05) is 124 Å². The number of nitrogens with zero attached hydrogens (tertiary/aromatic N) is 12. The third-order valence-corrected chi connectivity index (χ3v) is 19.7. The smallest absolute Gasteiger partial charge is 0.379 e. The fourth-order valence-electron chi connectivity index (χ4n) is 11.6. The highest BCUT2D eigenvalue weighted by Crippen LogP contribution is 2.36. The van der Waals surface area contributed by atoms with Crippen molar-refractivity contribution in [3.63, 3.8) is 0 Å². The highest BCUT2D eigenvalue weighted by atomic mass is 35.5. The van der Waals surface area contributed by atoms with E-state index in [9.17, 15) is 38.4 Å². The molecule has 0 saturated carbocycles. The second kappa shape index (κ2) is 45.5. The van der Waals surface area contributed by atoms with Gasteiger partial charge in [0.2, 0.25) is 21.8 Å². The summed E-state index contributed by atoms with van der Waals surface area (Å²) in [5.41, 5.74) is 11.9. The number of hydrogen-bond donors (Lipinski definition) is 7. The second-order valence-corrected chi connectivity index (χ2v) is 28.7. The van der Waals surface area contributed by atoms with E-state index in [1.165, 1.54) is 67.6 Å². The monoisotopic (exact) mass is 1780 g/mol. The average Bonchev–Trinajstić information content (AvgIpc) is 1.63. The molecule has 2 fully saturated rings. The van der Waals surface area contributed by atoms with Crippen LogP contribution in [0.15, 0.2) is 158 Å². The number of anilines is 12. The summed E-state index contributed by atoms with van der Waals surface area (Å²) in [5, 5.41) is 24.3. The average molecular weight is 1790 g/mol. The number of halogens is 8. The molecule has 624 valence electrons. The SMILES string of the molecule is CCOC(=O)C(=O)c1ccccc1Nc1nc(Cl)ncc1Cl.CCOC(=O)C(=O)c1ccccc1Nc1nc(Nc2ccc(N3CCC(N(C)C)CC3)cc2OC)ncc1Cl.COc1cc(N2CCC(N(C)C)CC2)ccc1N.Clc1ncc(Cl)c(Cl)n1.O=C(O)C(=O)c1ccccc1Nc1nc(Cl)ncc1Cl.O=C1Nc2ccccc2C1=O. The number of Topliss-reactive ketones (excluding diaryl/α,β-unsaturated/α-hetero) is 4. The van der Waals surface area contributed by atoms with E-state index in [-0.39, 0.29) is 95.1 Å². The fourth-order valence-corrected chi connectivity index (χ4v) is 12.6. The highest BCUT2D eigenvalue weighted by molar-refractivity contribution is 6.51. The minimum absolute atomic E-state index is 0.00102. The van der Waals surface area contributed by atoms with Gasteiger partial charge in [-0.15, -0.1) is 0 Å². The van der Waals surface area contributed by atoms with E-state index in [0.29, 0.717) is 56.9 Å². The largest absolute Gasteiger partial charge is 0.495 e. The Labute approximate surface area is 724 Å². The summed E-state index contributed by atoms with van der Waals surface area (Å²) in [4.78, 5) is 133. The predicted octanol–water partition coefficient (Wildman–Crippen LogP) is 16.0. The van der Waals surface area contributed by atoms with Crippen molar-refractivity contribution >= 4 is 209 Å². The maximum absolute atomic E-state index is 12.6. The van der Waals surface area contributed by atoms with Crippen LogP contribution in [0.3, 0.4) is 0 Å². The number of methoxy groups -OCH3 is 2. The van der Waals surface area contributed by atoms with Crippen LogP contribution in [0.1, 0.15) is 81.0 Å². The Morgan fingerprint density at radius 1 is 0.487 bits per heavy atom. The van der Waals surface area contributed by atoms with E-state index in [0.717, 1.165) is 50.5 Å². The van der Waals surface area contributed by atoms with Crippen LogP contribution in [0.2, 0.25) is 41.1 Å². The molecule has 10 aromatic rings. The van der Waals surface area contributed by atoms with Crippen molar-refractivity contribution in [3.05, 3.63) is 222 Å². The van der Waals surface area contributed by atoms with Gasteiger partial charge in [0.15, 0.2) is 22.6 Å². The van der Waals surface area contributed by atoms with Crippen LogP contribution in [0.5, 0.6) is 11.5 Å². The first kappa shape index (κ1) is 93.1. The molecule has 7 heterocycles. The molecule has 39 heteroatoms. The number of carbonyl (C=O) groups excluding carboxylic acids is 7. The molecule has 6 aromatic carbocycles.